The average Bonchev–Trinajstić information content (AvgIpc) is 3.30. The van der Waals surface area contributed by atoms with E-state index in [-0.39, 0.29) is 18.2 Å². The molecule has 0 aliphatic carbocycles. The van der Waals surface area contributed by atoms with Gasteiger partial charge in [-0.3, -0.25) is 4.79 Å². The van der Waals surface area contributed by atoms with Crippen LogP contribution in [0.1, 0.15) is 16.7 Å². The molecule has 0 radical (unpaired) electrons. The first-order valence-electron chi connectivity index (χ1n) is 9.58. The molecule has 0 bridgehead atoms. The molecule has 0 saturated carbocycles. The van der Waals surface area contributed by atoms with Gasteiger partial charge in [-0.1, -0.05) is 0 Å². The molecule has 4 aliphatic rings. The number of carbonyl (C=O) groups excluding carboxylic acids is 1. The number of nitrogens with two attached hydrogens (primary N) is 1. The molecule has 4 heterocycles. The molecule has 1 amide bonds. The number of benzene rings is 2. The van der Waals surface area contributed by atoms with E-state index >= 15 is 0 Å². The highest BCUT2D eigenvalue weighted by Gasteiger charge is 2.54. The predicted molar refractivity (Wildman–Crippen MR) is 112 cm³/mol. The van der Waals surface area contributed by atoms with Gasteiger partial charge in [-0.05, 0) is 58.3 Å². The standard InChI is InChI=1S/C22H14BrFN4O3/c23-15-5-11(24)4-13-19(15)27-21(29)22(13)7-16-12-6-18-17(30-9-31-18)3-10(12)1-2-28(16)20(26)14(22)8-25/h3-7H,1-2,9,26H2,(H,27,29). The number of carbonyl (C=O) groups is 1. The Labute approximate surface area is 184 Å². The zero-order valence-corrected chi connectivity index (χ0v) is 17.5. The van der Waals surface area contributed by atoms with E-state index in [2.05, 4.69) is 27.3 Å². The lowest BCUT2D eigenvalue weighted by Gasteiger charge is -2.41. The van der Waals surface area contributed by atoms with Crippen LogP contribution in [0.5, 0.6) is 11.5 Å². The van der Waals surface area contributed by atoms with Crippen LogP contribution in [0.3, 0.4) is 0 Å². The van der Waals surface area contributed by atoms with E-state index in [0.717, 1.165) is 11.1 Å². The lowest BCUT2D eigenvalue weighted by atomic mass is 9.71. The van der Waals surface area contributed by atoms with Gasteiger partial charge in [0.25, 0.3) is 0 Å². The van der Waals surface area contributed by atoms with Crippen LogP contribution in [-0.2, 0) is 16.6 Å². The van der Waals surface area contributed by atoms with E-state index in [1.54, 1.807) is 6.08 Å². The van der Waals surface area contributed by atoms with E-state index in [4.69, 9.17) is 15.2 Å². The predicted octanol–water partition coefficient (Wildman–Crippen LogP) is 3.11. The summed E-state index contributed by atoms with van der Waals surface area (Å²) in [5.41, 5.74) is 8.33. The summed E-state index contributed by atoms with van der Waals surface area (Å²) in [5.74, 6) is 0.495. The summed E-state index contributed by atoms with van der Waals surface area (Å²) >= 11 is 3.31. The van der Waals surface area contributed by atoms with Gasteiger partial charge in [0.2, 0.25) is 12.7 Å². The number of ether oxygens (including phenoxy) is 2. The molecular weight excluding hydrogens is 467 g/mol. The van der Waals surface area contributed by atoms with E-state index in [1.807, 2.05) is 17.0 Å². The van der Waals surface area contributed by atoms with Crippen LogP contribution in [0.15, 0.2) is 46.2 Å². The van der Waals surface area contributed by atoms with Gasteiger partial charge in [-0.15, -0.1) is 0 Å². The summed E-state index contributed by atoms with van der Waals surface area (Å²) in [6, 6.07) is 8.47. The van der Waals surface area contributed by atoms with Gasteiger partial charge in [-0.2, -0.15) is 5.26 Å². The maximum atomic E-state index is 14.4. The number of anilines is 1. The van der Waals surface area contributed by atoms with Gasteiger partial charge < -0.3 is 25.4 Å². The zero-order valence-electron chi connectivity index (χ0n) is 16.0. The van der Waals surface area contributed by atoms with Gasteiger partial charge in [0.1, 0.15) is 23.1 Å². The molecule has 0 aromatic heterocycles. The molecule has 1 atom stereocenters. The van der Waals surface area contributed by atoms with Crippen molar-refractivity contribution in [2.75, 3.05) is 18.7 Å². The summed E-state index contributed by atoms with van der Waals surface area (Å²) in [5, 5.41) is 12.8. The fourth-order valence-electron chi connectivity index (χ4n) is 4.83. The van der Waals surface area contributed by atoms with Crippen molar-refractivity contribution in [3.8, 4) is 17.6 Å². The lowest BCUT2D eigenvalue weighted by molar-refractivity contribution is -0.118. The van der Waals surface area contributed by atoms with Crippen molar-refractivity contribution >= 4 is 33.2 Å². The van der Waals surface area contributed by atoms with Crippen LogP contribution in [-0.4, -0.2) is 24.1 Å². The van der Waals surface area contributed by atoms with Crippen LogP contribution < -0.4 is 20.5 Å². The third kappa shape index (κ3) is 2.23. The third-order valence-corrected chi connectivity index (χ3v) is 6.88. The molecule has 2 aromatic carbocycles. The Hall–Kier alpha value is -3.51. The fourth-order valence-corrected chi connectivity index (χ4v) is 5.36. The Morgan fingerprint density at radius 1 is 1.26 bits per heavy atom. The molecule has 31 heavy (non-hydrogen) atoms. The topological polar surface area (TPSA) is 101 Å². The number of nitriles is 1. The van der Waals surface area contributed by atoms with Crippen molar-refractivity contribution in [3.63, 3.8) is 0 Å². The van der Waals surface area contributed by atoms with Crippen LogP contribution in [0.2, 0.25) is 0 Å². The van der Waals surface area contributed by atoms with Crippen molar-refractivity contribution in [2.45, 2.75) is 11.8 Å². The molecule has 2 aromatic rings. The summed E-state index contributed by atoms with van der Waals surface area (Å²) in [6.45, 7) is 0.682. The summed E-state index contributed by atoms with van der Waals surface area (Å²) in [7, 11) is 0. The smallest absolute Gasteiger partial charge is 0.244 e. The van der Waals surface area contributed by atoms with E-state index in [0.29, 0.717) is 45.9 Å². The average molecular weight is 481 g/mol. The van der Waals surface area contributed by atoms with E-state index in [1.165, 1.54) is 12.1 Å². The largest absolute Gasteiger partial charge is 0.454 e. The van der Waals surface area contributed by atoms with Crippen LogP contribution in [0.25, 0.3) is 5.70 Å². The highest BCUT2D eigenvalue weighted by atomic mass is 79.9. The summed E-state index contributed by atoms with van der Waals surface area (Å²) < 4.78 is 25.8. The van der Waals surface area contributed by atoms with Crippen molar-refractivity contribution < 1.29 is 18.7 Å². The van der Waals surface area contributed by atoms with Crippen molar-refractivity contribution in [1.82, 2.24) is 4.90 Å². The number of rotatable bonds is 0. The summed E-state index contributed by atoms with van der Waals surface area (Å²) in [6.07, 6.45) is 2.40. The van der Waals surface area contributed by atoms with E-state index in [9.17, 15) is 14.4 Å². The van der Waals surface area contributed by atoms with Gasteiger partial charge >= 0.3 is 0 Å². The molecule has 1 unspecified atom stereocenters. The van der Waals surface area contributed by atoms with Crippen molar-refractivity contribution in [2.24, 2.45) is 5.73 Å². The van der Waals surface area contributed by atoms with Crippen molar-refractivity contribution in [1.29, 1.82) is 5.26 Å². The first-order valence-corrected chi connectivity index (χ1v) is 10.4. The second-order valence-electron chi connectivity index (χ2n) is 7.74. The van der Waals surface area contributed by atoms with Gasteiger partial charge in [-0.25, -0.2) is 4.39 Å². The molecule has 1 spiro atoms. The molecule has 7 nitrogen and oxygen atoms in total. The number of nitrogens with one attached hydrogen (secondary N) is 1. The van der Waals surface area contributed by atoms with Gasteiger partial charge in [0.15, 0.2) is 11.5 Å². The second kappa shape index (κ2) is 6.02. The number of halogens is 2. The van der Waals surface area contributed by atoms with Gasteiger partial charge in [0, 0.05) is 27.8 Å². The number of hydrogen-bond acceptors (Lipinski definition) is 6. The fraction of sp³-hybridized carbons (Fsp3) is 0.182. The van der Waals surface area contributed by atoms with Crippen LogP contribution >= 0.6 is 15.9 Å². The molecule has 154 valence electrons. The quantitative estimate of drug-likeness (QED) is 0.600. The first kappa shape index (κ1) is 18.3. The number of hydrogen-bond donors (Lipinski definition) is 2. The SMILES string of the molecule is N#CC1=C(N)N2CCc3cc4c(cc3C2=CC12C(=O)Nc1c(Br)cc(F)cc12)OCO4. The second-order valence-corrected chi connectivity index (χ2v) is 8.59. The lowest BCUT2D eigenvalue weighted by Crippen LogP contribution is -2.45. The maximum Gasteiger partial charge on any atom is 0.244 e. The van der Waals surface area contributed by atoms with E-state index < -0.39 is 17.1 Å². The number of nitrogens with zero attached hydrogens (tertiary/aromatic N) is 2. The molecule has 3 N–H and O–H groups in total. The Kier molecular flexibility index (Phi) is 3.55. The molecule has 6 rings (SSSR count). The van der Waals surface area contributed by atoms with Gasteiger partial charge in [0.05, 0.1) is 11.3 Å². The summed E-state index contributed by atoms with van der Waals surface area (Å²) in [4.78, 5) is 15.2. The third-order valence-electron chi connectivity index (χ3n) is 6.25. The maximum absolute atomic E-state index is 14.4. The molecule has 0 saturated heterocycles. The minimum atomic E-state index is -1.53. The monoisotopic (exact) mass is 480 g/mol. The Balaban J connectivity index is 1.66. The minimum absolute atomic E-state index is 0.0780. The number of amides is 1. The Bertz CT molecular complexity index is 1330. The molecule has 0 fully saturated rings. The van der Waals surface area contributed by atoms with Crippen LogP contribution in [0, 0.1) is 17.1 Å². The molecular formula is C22H14BrFN4O3. The highest BCUT2D eigenvalue weighted by Crippen LogP contribution is 2.53. The zero-order chi connectivity index (χ0) is 21.5. The molecule has 9 heteroatoms. The van der Waals surface area contributed by atoms with Crippen LogP contribution in [0.4, 0.5) is 10.1 Å². The van der Waals surface area contributed by atoms with Crippen molar-refractivity contribution in [3.05, 3.63) is 68.7 Å². The minimum Gasteiger partial charge on any atom is -0.454 e. The molecule has 4 aliphatic heterocycles. The Morgan fingerprint density at radius 3 is 2.81 bits per heavy atom. The number of fused-ring (bicyclic) bond motifs is 6. The highest BCUT2D eigenvalue weighted by molar-refractivity contribution is 9.10. The Morgan fingerprint density at radius 2 is 2.03 bits per heavy atom. The normalized spacial score (nSPS) is 22.5. The first-order chi connectivity index (χ1) is 14.9.